The summed E-state index contributed by atoms with van der Waals surface area (Å²) < 4.78 is 16.2. The highest BCUT2D eigenvalue weighted by Gasteiger charge is 2.35. The monoisotopic (exact) mass is 387 g/mol. The Morgan fingerprint density at radius 2 is 1.67 bits per heavy atom. The van der Waals surface area contributed by atoms with Crippen LogP contribution >= 0.6 is 11.8 Å². The Hall–Kier alpha value is -2.18. The minimum Gasteiger partial charge on any atom is -0.496 e. The van der Waals surface area contributed by atoms with Crippen molar-refractivity contribution in [2.75, 3.05) is 34.0 Å². The van der Waals surface area contributed by atoms with Crippen LogP contribution in [0, 0.1) is 0 Å². The minimum absolute atomic E-state index is 0.0927. The molecule has 5 nitrogen and oxygen atoms in total. The van der Waals surface area contributed by atoms with Crippen molar-refractivity contribution in [3.63, 3.8) is 0 Å². The molecule has 1 N–H and O–H groups in total. The molecule has 2 aromatic rings. The van der Waals surface area contributed by atoms with Crippen molar-refractivity contribution in [3.05, 3.63) is 54.1 Å². The summed E-state index contributed by atoms with van der Waals surface area (Å²) in [6.45, 7) is 1.96. The van der Waals surface area contributed by atoms with Gasteiger partial charge in [0.2, 0.25) is 0 Å². The van der Waals surface area contributed by atoms with Crippen molar-refractivity contribution in [1.29, 1.82) is 0 Å². The number of amides is 1. The fourth-order valence-electron chi connectivity index (χ4n) is 3.20. The van der Waals surface area contributed by atoms with Crippen molar-refractivity contribution >= 4 is 17.7 Å². The molecule has 0 saturated carbocycles. The molecule has 0 aromatic heterocycles. The van der Waals surface area contributed by atoms with E-state index < -0.39 is 0 Å². The lowest BCUT2D eigenvalue weighted by molar-refractivity contribution is 0.0740. The van der Waals surface area contributed by atoms with E-state index in [4.69, 9.17) is 14.2 Å². The molecule has 2 aromatic carbocycles. The van der Waals surface area contributed by atoms with Crippen LogP contribution in [0.5, 0.6) is 11.5 Å². The standard InChI is InChI=1S/C21H25NO4S/c1-24-17-9-6-10-18(25-2)19(17)20(23)22-15-21(11-13-26-14-12-21)27-16-7-4-3-5-8-16/h3-10H,11-15H2,1-2H3,(H,22,23). The van der Waals surface area contributed by atoms with Gasteiger partial charge in [0.1, 0.15) is 17.1 Å². The van der Waals surface area contributed by atoms with Crippen molar-refractivity contribution in [3.8, 4) is 11.5 Å². The number of carbonyl (C=O) groups is 1. The lowest BCUT2D eigenvalue weighted by Gasteiger charge is -2.36. The Labute approximate surface area is 164 Å². The van der Waals surface area contributed by atoms with Crippen LogP contribution < -0.4 is 14.8 Å². The van der Waals surface area contributed by atoms with Crippen molar-refractivity contribution in [1.82, 2.24) is 5.32 Å². The summed E-state index contributed by atoms with van der Waals surface area (Å²) in [7, 11) is 3.10. The average Bonchev–Trinajstić information content (AvgIpc) is 2.72. The summed E-state index contributed by atoms with van der Waals surface area (Å²) >= 11 is 1.81. The first-order chi connectivity index (χ1) is 13.2. The van der Waals surface area contributed by atoms with E-state index in [1.54, 1.807) is 32.4 Å². The van der Waals surface area contributed by atoms with Crippen LogP contribution in [0.3, 0.4) is 0 Å². The zero-order valence-corrected chi connectivity index (χ0v) is 16.5. The summed E-state index contributed by atoms with van der Waals surface area (Å²) in [6, 6.07) is 15.6. The Morgan fingerprint density at radius 1 is 1.04 bits per heavy atom. The largest absolute Gasteiger partial charge is 0.496 e. The number of hydrogen-bond donors (Lipinski definition) is 1. The van der Waals surface area contributed by atoms with Gasteiger partial charge in [0.25, 0.3) is 5.91 Å². The van der Waals surface area contributed by atoms with E-state index in [0.29, 0.717) is 36.8 Å². The van der Waals surface area contributed by atoms with E-state index >= 15 is 0 Å². The highest BCUT2D eigenvalue weighted by atomic mass is 32.2. The number of hydrogen-bond acceptors (Lipinski definition) is 5. The van der Waals surface area contributed by atoms with E-state index in [1.807, 2.05) is 30.0 Å². The zero-order chi connectivity index (χ0) is 19.1. The first-order valence-corrected chi connectivity index (χ1v) is 9.80. The second-order valence-electron chi connectivity index (χ2n) is 6.43. The van der Waals surface area contributed by atoms with Crippen LogP contribution in [-0.4, -0.2) is 44.6 Å². The van der Waals surface area contributed by atoms with Gasteiger partial charge in [-0.15, -0.1) is 11.8 Å². The quantitative estimate of drug-likeness (QED) is 0.784. The first-order valence-electron chi connectivity index (χ1n) is 8.98. The summed E-state index contributed by atoms with van der Waals surface area (Å²) in [5.41, 5.74) is 0.425. The number of benzene rings is 2. The molecule has 1 amide bonds. The summed E-state index contributed by atoms with van der Waals surface area (Å²) in [5.74, 6) is 0.816. The summed E-state index contributed by atoms with van der Waals surface area (Å²) in [5, 5.41) is 3.10. The molecule has 1 fully saturated rings. The average molecular weight is 388 g/mol. The zero-order valence-electron chi connectivity index (χ0n) is 15.7. The Bertz CT molecular complexity index is 738. The summed E-state index contributed by atoms with van der Waals surface area (Å²) in [6.07, 6.45) is 1.77. The number of rotatable bonds is 7. The molecular weight excluding hydrogens is 362 g/mol. The Balaban J connectivity index is 1.77. The van der Waals surface area contributed by atoms with E-state index in [-0.39, 0.29) is 10.7 Å². The third-order valence-corrected chi connectivity index (χ3v) is 6.20. The SMILES string of the molecule is COc1cccc(OC)c1C(=O)NCC1(Sc2ccccc2)CCOCC1. The molecule has 144 valence electrons. The van der Waals surface area contributed by atoms with Crippen LogP contribution in [-0.2, 0) is 4.74 Å². The van der Waals surface area contributed by atoms with E-state index in [2.05, 4.69) is 17.4 Å². The topological polar surface area (TPSA) is 56.8 Å². The maximum Gasteiger partial charge on any atom is 0.258 e. The smallest absolute Gasteiger partial charge is 0.258 e. The Morgan fingerprint density at radius 3 is 2.26 bits per heavy atom. The maximum atomic E-state index is 12.9. The molecule has 1 aliphatic rings. The fourth-order valence-corrected chi connectivity index (χ4v) is 4.51. The minimum atomic E-state index is -0.191. The van der Waals surface area contributed by atoms with Gasteiger partial charge >= 0.3 is 0 Å². The van der Waals surface area contributed by atoms with Crippen LogP contribution in [0.4, 0.5) is 0 Å². The van der Waals surface area contributed by atoms with Gasteiger partial charge in [-0.25, -0.2) is 0 Å². The first kappa shape index (κ1) is 19.6. The van der Waals surface area contributed by atoms with E-state index in [9.17, 15) is 4.79 Å². The number of ether oxygens (including phenoxy) is 3. The molecule has 0 unspecified atom stereocenters. The second kappa shape index (κ2) is 9.15. The second-order valence-corrected chi connectivity index (χ2v) is 7.97. The lowest BCUT2D eigenvalue weighted by atomic mass is 9.98. The molecule has 3 rings (SSSR count). The highest BCUT2D eigenvalue weighted by Crippen LogP contribution is 2.40. The van der Waals surface area contributed by atoms with Crippen LogP contribution in [0.15, 0.2) is 53.4 Å². The molecule has 0 bridgehead atoms. The van der Waals surface area contributed by atoms with Gasteiger partial charge in [-0.05, 0) is 37.1 Å². The van der Waals surface area contributed by atoms with Crippen LogP contribution in [0.2, 0.25) is 0 Å². The third kappa shape index (κ3) is 4.76. The predicted molar refractivity (Wildman–Crippen MR) is 107 cm³/mol. The van der Waals surface area contributed by atoms with Gasteiger partial charge in [0, 0.05) is 29.4 Å². The number of thioether (sulfide) groups is 1. The number of carbonyl (C=O) groups excluding carboxylic acids is 1. The van der Waals surface area contributed by atoms with Gasteiger partial charge in [-0.1, -0.05) is 24.3 Å². The molecule has 27 heavy (non-hydrogen) atoms. The maximum absolute atomic E-state index is 12.9. The fraction of sp³-hybridized carbons (Fsp3) is 0.381. The van der Waals surface area contributed by atoms with Crippen LogP contribution in [0.25, 0.3) is 0 Å². The van der Waals surface area contributed by atoms with Crippen LogP contribution in [0.1, 0.15) is 23.2 Å². The van der Waals surface area contributed by atoms with Gasteiger partial charge in [-0.3, -0.25) is 4.79 Å². The lowest BCUT2D eigenvalue weighted by Crippen LogP contribution is -2.44. The number of nitrogens with one attached hydrogen (secondary N) is 1. The molecule has 0 spiro atoms. The molecule has 1 aliphatic heterocycles. The normalized spacial score (nSPS) is 15.8. The molecule has 0 radical (unpaired) electrons. The van der Waals surface area contributed by atoms with Gasteiger partial charge < -0.3 is 19.5 Å². The molecule has 6 heteroatoms. The molecule has 0 aliphatic carbocycles. The Kier molecular flexibility index (Phi) is 6.63. The molecule has 0 atom stereocenters. The van der Waals surface area contributed by atoms with E-state index in [1.165, 1.54) is 4.90 Å². The van der Waals surface area contributed by atoms with Gasteiger partial charge in [0.15, 0.2) is 0 Å². The molecular formula is C21H25NO4S. The van der Waals surface area contributed by atoms with E-state index in [0.717, 1.165) is 12.8 Å². The molecule has 1 saturated heterocycles. The van der Waals surface area contributed by atoms with Crippen molar-refractivity contribution in [2.45, 2.75) is 22.5 Å². The highest BCUT2D eigenvalue weighted by molar-refractivity contribution is 8.00. The predicted octanol–water partition coefficient (Wildman–Crippen LogP) is 3.78. The number of methoxy groups -OCH3 is 2. The summed E-state index contributed by atoms with van der Waals surface area (Å²) in [4.78, 5) is 14.1. The molecule has 1 heterocycles. The third-order valence-electron chi connectivity index (χ3n) is 4.71. The van der Waals surface area contributed by atoms with Gasteiger partial charge in [0.05, 0.1) is 14.2 Å². The van der Waals surface area contributed by atoms with Crippen molar-refractivity contribution < 1.29 is 19.0 Å². The van der Waals surface area contributed by atoms with Gasteiger partial charge in [-0.2, -0.15) is 0 Å². The van der Waals surface area contributed by atoms with Crippen molar-refractivity contribution in [2.24, 2.45) is 0 Å².